The Morgan fingerprint density at radius 1 is 1.06 bits per heavy atom. The Labute approximate surface area is 203 Å². The molecule has 0 fully saturated rings. The number of sulfonamides is 1. The van der Waals surface area contributed by atoms with E-state index in [1.54, 1.807) is 37.5 Å². The van der Waals surface area contributed by atoms with E-state index >= 15 is 0 Å². The number of ether oxygens (including phenoxy) is 1. The first-order chi connectivity index (χ1) is 16.8. The molecule has 0 saturated carbocycles. The number of carbonyl (C=O) groups excluding carboxylic acids is 1. The van der Waals surface area contributed by atoms with Gasteiger partial charge in [-0.05, 0) is 73.3 Å². The smallest absolute Gasteiger partial charge is 0.338 e. The van der Waals surface area contributed by atoms with Crippen LogP contribution in [0.2, 0.25) is 0 Å². The normalized spacial score (nSPS) is 11.6. The summed E-state index contributed by atoms with van der Waals surface area (Å²) >= 11 is 0. The van der Waals surface area contributed by atoms with E-state index < -0.39 is 16.0 Å². The third-order valence-corrected chi connectivity index (χ3v) is 7.31. The van der Waals surface area contributed by atoms with E-state index in [0.29, 0.717) is 16.6 Å². The second-order valence-electron chi connectivity index (χ2n) is 8.09. The van der Waals surface area contributed by atoms with Crippen molar-refractivity contribution in [1.29, 1.82) is 0 Å². The van der Waals surface area contributed by atoms with Crippen LogP contribution < -0.4 is 5.56 Å². The SMILES string of the molecule is CCOC(=O)c1ccc(S(=O)(=O)N(Cc2cccnc2)Cc2cc3cc(C)ccc3[nH]c2=O)cc1. The molecule has 0 atom stereocenters. The quantitative estimate of drug-likeness (QED) is 0.376. The Bertz CT molecular complexity index is 1510. The van der Waals surface area contributed by atoms with Gasteiger partial charge in [0.1, 0.15) is 0 Å². The number of benzene rings is 2. The lowest BCUT2D eigenvalue weighted by Crippen LogP contribution is -2.32. The summed E-state index contributed by atoms with van der Waals surface area (Å²) in [6.07, 6.45) is 3.19. The highest BCUT2D eigenvalue weighted by Crippen LogP contribution is 2.22. The number of aromatic nitrogens is 2. The maximum Gasteiger partial charge on any atom is 0.338 e. The highest BCUT2D eigenvalue weighted by atomic mass is 32.2. The average molecular weight is 492 g/mol. The van der Waals surface area contributed by atoms with Gasteiger partial charge in [-0.15, -0.1) is 0 Å². The van der Waals surface area contributed by atoms with Crippen molar-refractivity contribution >= 4 is 26.9 Å². The monoisotopic (exact) mass is 491 g/mol. The van der Waals surface area contributed by atoms with Gasteiger partial charge in [0, 0.05) is 36.6 Å². The summed E-state index contributed by atoms with van der Waals surface area (Å²) in [4.78, 5) is 31.7. The summed E-state index contributed by atoms with van der Waals surface area (Å²) in [5, 5.41) is 0.817. The number of rotatable bonds is 8. The molecule has 9 heteroatoms. The molecular weight excluding hydrogens is 466 g/mol. The molecule has 0 amide bonds. The van der Waals surface area contributed by atoms with Crippen LogP contribution in [0.5, 0.6) is 0 Å². The Kier molecular flexibility index (Phi) is 7.09. The van der Waals surface area contributed by atoms with Gasteiger partial charge in [0.15, 0.2) is 0 Å². The van der Waals surface area contributed by atoms with E-state index in [1.165, 1.54) is 28.6 Å². The summed E-state index contributed by atoms with van der Waals surface area (Å²) in [6.45, 7) is 3.74. The molecule has 0 aliphatic heterocycles. The molecule has 4 aromatic rings. The molecule has 2 aromatic carbocycles. The topological polar surface area (TPSA) is 109 Å². The first-order valence-corrected chi connectivity index (χ1v) is 12.5. The third-order valence-electron chi connectivity index (χ3n) is 5.51. The minimum atomic E-state index is -4.03. The fraction of sp³-hybridized carbons (Fsp3) is 0.192. The molecule has 8 nitrogen and oxygen atoms in total. The van der Waals surface area contributed by atoms with E-state index in [1.807, 2.05) is 25.1 Å². The summed E-state index contributed by atoms with van der Waals surface area (Å²) in [7, 11) is -4.03. The number of hydrogen-bond donors (Lipinski definition) is 1. The van der Waals surface area contributed by atoms with Crippen LogP contribution in [0.25, 0.3) is 10.9 Å². The first kappa shape index (κ1) is 24.3. The lowest BCUT2D eigenvalue weighted by molar-refractivity contribution is 0.0526. The standard InChI is InChI=1S/C26H25N3O5S/c1-3-34-26(31)20-7-9-23(10-8-20)35(32,33)29(16-19-5-4-12-27-15-19)17-22-14-21-13-18(2)6-11-24(21)28-25(22)30/h4-15H,3,16-17H2,1-2H3,(H,28,30). The maximum atomic E-state index is 13.7. The molecule has 35 heavy (non-hydrogen) atoms. The average Bonchev–Trinajstić information content (AvgIpc) is 2.85. The van der Waals surface area contributed by atoms with Crippen LogP contribution in [-0.2, 0) is 27.8 Å². The van der Waals surface area contributed by atoms with Crippen LogP contribution in [0.1, 0.15) is 34.0 Å². The molecule has 4 rings (SSSR count). The number of carbonyl (C=O) groups is 1. The molecule has 2 aromatic heterocycles. The number of esters is 1. The molecule has 0 bridgehead atoms. The van der Waals surface area contributed by atoms with Crippen molar-refractivity contribution in [3.8, 4) is 0 Å². The fourth-order valence-electron chi connectivity index (χ4n) is 3.73. The maximum absolute atomic E-state index is 13.7. The summed E-state index contributed by atoms with van der Waals surface area (Å²) in [6, 6.07) is 16.4. The molecule has 0 unspecified atom stereocenters. The molecule has 0 aliphatic rings. The number of H-pyrrole nitrogens is 1. The van der Waals surface area contributed by atoms with Gasteiger partial charge in [0.2, 0.25) is 10.0 Å². The predicted octanol–water partition coefficient (Wildman–Crippen LogP) is 3.80. The number of nitrogens with zero attached hydrogens (tertiary/aromatic N) is 2. The summed E-state index contributed by atoms with van der Waals surface area (Å²) in [5.74, 6) is -0.526. The first-order valence-electron chi connectivity index (χ1n) is 11.1. The van der Waals surface area contributed by atoms with Crippen LogP contribution in [0.15, 0.2) is 82.7 Å². The highest BCUT2D eigenvalue weighted by molar-refractivity contribution is 7.89. The number of fused-ring (bicyclic) bond motifs is 1. The van der Waals surface area contributed by atoms with Crippen molar-refractivity contribution in [2.45, 2.75) is 31.8 Å². The Balaban J connectivity index is 1.73. The molecule has 0 saturated heterocycles. The van der Waals surface area contributed by atoms with Crippen LogP contribution in [0.3, 0.4) is 0 Å². The number of aromatic amines is 1. The van der Waals surface area contributed by atoms with Crippen LogP contribution in [-0.4, -0.2) is 35.3 Å². The summed E-state index contributed by atoms with van der Waals surface area (Å²) < 4.78 is 33.5. The van der Waals surface area contributed by atoms with E-state index in [9.17, 15) is 18.0 Å². The Morgan fingerprint density at radius 3 is 2.51 bits per heavy atom. The van der Waals surface area contributed by atoms with Gasteiger partial charge in [-0.25, -0.2) is 13.2 Å². The van der Waals surface area contributed by atoms with Crippen LogP contribution in [0.4, 0.5) is 0 Å². The number of pyridine rings is 2. The molecule has 2 heterocycles. The van der Waals surface area contributed by atoms with Crippen molar-refractivity contribution in [2.24, 2.45) is 0 Å². The van der Waals surface area contributed by atoms with Gasteiger partial charge >= 0.3 is 5.97 Å². The highest BCUT2D eigenvalue weighted by Gasteiger charge is 2.26. The van der Waals surface area contributed by atoms with E-state index in [0.717, 1.165) is 10.9 Å². The molecule has 0 radical (unpaired) electrons. The lowest BCUT2D eigenvalue weighted by Gasteiger charge is -2.22. The molecule has 0 spiro atoms. The fourth-order valence-corrected chi connectivity index (χ4v) is 5.13. The molecule has 0 aliphatic carbocycles. The van der Waals surface area contributed by atoms with E-state index in [4.69, 9.17) is 4.74 Å². The lowest BCUT2D eigenvalue weighted by atomic mass is 10.1. The van der Waals surface area contributed by atoms with Gasteiger partial charge in [-0.1, -0.05) is 17.7 Å². The Morgan fingerprint density at radius 2 is 1.83 bits per heavy atom. The second kappa shape index (κ2) is 10.2. The number of hydrogen-bond acceptors (Lipinski definition) is 6. The van der Waals surface area contributed by atoms with Gasteiger partial charge < -0.3 is 9.72 Å². The van der Waals surface area contributed by atoms with Crippen molar-refractivity contribution in [2.75, 3.05) is 6.61 Å². The second-order valence-corrected chi connectivity index (χ2v) is 10.0. The molecule has 180 valence electrons. The van der Waals surface area contributed by atoms with Gasteiger partial charge in [-0.3, -0.25) is 9.78 Å². The zero-order chi connectivity index (χ0) is 25.0. The van der Waals surface area contributed by atoms with E-state index in [2.05, 4.69) is 9.97 Å². The molecule has 1 N–H and O–H groups in total. The molecular formula is C26H25N3O5S. The van der Waals surface area contributed by atoms with Crippen molar-refractivity contribution < 1.29 is 17.9 Å². The van der Waals surface area contributed by atoms with Crippen LogP contribution >= 0.6 is 0 Å². The van der Waals surface area contributed by atoms with Crippen molar-refractivity contribution in [1.82, 2.24) is 14.3 Å². The predicted molar refractivity (Wildman–Crippen MR) is 132 cm³/mol. The van der Waals surface area contributed by atoms with E-state index in [-0.39, 0.29) is 35.7 Å². The van der Waals surface area contributed by atoms with Crippen molar-refractivity contribution in [3.63, 3.8) is 0 Å². The minimum absolute atomic E-state index is 0.00232. The van der Waals surface area contributed by atoms with Gasteiger partial charge in [-0.2, -0.15) is 4.31 Å². The summed E-state index contributed by atoms with van der Waals surface area (Å²) in [5.41, 5.74) is 2.60. The van der Waals surface area contributed by atoms with Gasteiger partial charge in [0.25, 0.3) is 5.56 Å². The van der Waals surface area contributed by atoms with Crippen molar-refractivity contribution in [3.05, 3.63) is 106 Å². The van der Waals surface area contributed by atoms with Crippen LogP contribution in [0, 0.1) is 6.92 Å². The minimum Gasteiger partial charge on any atom is -0.462 e. The zero-order valence-electron chi connectivity index (χ0n) is 19.4. The largest absolute Gasteiger partial charge is 0.462 e. The zero-order valence-corrected chi connectivity index (χ0v) is 20.2. The number of aryl methyl sites for hydroxylation is 1. The van der Waals surface area contributed by atoms with Gasteiger partial charge in [0.05, 0.1) is 17.1 Å². The Hall–Kier alpha value is -3.82. The third kappa shape index (κ3) is 5.47. The number of nitrogens with one attached hydrogen (secondary N) is 1.